The maximum absolute atomic E-state index is 12.0. The summed E-state index contributed by atoms with van der Waals surface area (Å²) in [4.78, 5) is 39.8. The summed E-state index contributed by atoms with van der Waals surface area (Å²) in [6.45, 7) is 22.1. The van der Waals surface area contributed by atoms with Gasteiger partial charge in [0, 0.05) is 97.0 Å². The quantitative estimate of drug-likeness (QED) is 0.0407. The molecule has 0 rings (SSSR count). The van der Waals surface area contributed by atoms with Crippen molar-refractivity contribution in [3.05, 3.63) is 5.32 Å². The van der Waals surface area contributed by atoms with Gasteiger partial charge in [0.15, 0.2) is 0 Å². The number of likely N-dealkylation sites (N-methyl/N-ethyl adjacent to an activating group) is 3. The molecule has 41 heavy (non-hydrogen) atoms. The minimum Gasteiger partial charge on any atom is -0.662 e. The topological polar surface area (TPSA) is 120 Å². The zero-order valence-electron chi connectivity index (χ0n) is 28.2. The molecule has 0 unspecified atom stereocenters. The Morgan fingerprint density at radius 1 is 0.976 bits per heavy atom. The molecule has 0 aromatic heterocycles. The van der Waals surface area contributed by atoms with Crippen LogP contribution in [0.15, 0.2) is 0 Å². The Hall–Kier alpha value is 0.0539. The van der Waals surface area contributed by atoms with Crippen LogP contribution in [0.5, 0.6) is 0 Å². The number of hydrogen-bond acceptors (Lipinski definition) is 9. The van der Waals surface area contributed by atoms with Crippen LogP contribution in [0.4, 0.5) is 0 Å². The second-order valence-electron chi connectivity index (χ2n) is 8.39. The first kappa shape index (κ1) is 53.6. The molecule has 0 fully saturated rings. The van der Waals surface area contributed by atoms with Crippen LogP contribution in [0.25, 0.3) is 5.32 Å². The van der Waals surface area contributed by atoms with Crippen LogP contribution in [-0.4, -0.2) is 111 Å². The summed E-state index contributed by atoms with van der Waals surface area (Å²) in [6.07, 6.45) is 4.29. The van der Waals surface area contributed by atoms with Gasteiger partial charge in [0.1, 0.15) is 0 Å². The Morgan fingerprint density at radius 3 is 1.93 bits per heavy atom. The fourth-order valence-electron chi connectivity index (χ4n) is 2.07. The predicted octanol–water partition coefficient (Wildman–Crippen LogP) is 6.39. The number of carbonyl (C=O) groups is 3. The Labute approximate surface area is 285 Å². The summed E-state index contributed by atoms with van der Waals surface area (Å²) in [7, 11) is 8.45. The fraction of sp³-hybridized carbons (Fsp3) is 0.893. The van der Waals surface area contributed by atoms with Gasteiger partial charge in [0.2, 0.25) is 12.3 Å². The zero-order valence-corrected chi connectivity index (χ0v) is 32.7. The van der Waals surface area contributed by atoms with Gasteiger partial charge < -0.3 is 24.6 Å². The standard InChI is InChI=1S/C13H26N2O4S2.C6H14O.C5H10NO2.2C2H6.Y/c1-13(2,21-20-10-9-19-18)6-5-12(17)15(4)8-7-14(3)11-16;1-3-5-7-6-4-2;1-5(7)8-4-3-6-2;2*1-2;/h11,18H,5-10H2,1-4H3;3-6H2,1-2H3;3-4H2,1-2H3;2*1-2H3;/q;;-1;;;. The van der Waals surface area contributed by atoms with Crippen molar-refractivity contribution in [2.24, 2.45) is 0 Å². The molecule has 0 saturated carbocycles. The Bertz CT molecular complexity index is 535. The van der Waals surface area contributed by atoms with Gasteiger partial charge in [0.25, 0.3) is 0 Å². The Morgan fingerprint density at radius 2 is 1.51 bits per heavy atom. The van der Waals surface area contributed by atoms with E-state index in [4.69, 9.17) is 9.99 Å². The number of esters is 1. The molecule has 1 N–H and O–H groups in total. The average Bonchev–Trinajstić information content (AvgIpc) is 2.95. The van der Waals surface area contributed by atoms with Crippen molar-refractivity contribution in [3.8, 4) is 0 Å². The van der Waals surface area contributed by atoms with Gasteiger partial charge in [-0.1, -0.05) is 63.1 Å². The smallest absolute Gasteiger partial charge is 0.302 e. The summed E-state index contributed by atoms with van der Waals surface area (Å²) >= 11 is 0. The molecule has 0 aliphatic heterocycles. The third-order valence-corrected chi connectivity index (χ3v) is 7.51. The van der Waals surface area contributed by atoms with Gasteiger partial charge in [-0.15, -0.1) is 6.54 Å². The number of carbonyl (C=O) groups excluding carboxylic acids is 3. The predicted molar refractivity (Wildman–Crippen MR) is 173 cm³/mol. The van der Waals surface area contributed by atoms with Crippen molar-refractivity contribution >= 4 is 39.9 Å². The van der Waals surface area contributed by atoms with Crippen molar-refractivity contribution in [1.82, 2.24) is 9.80 Å². The molecule has 0 spiro atoms. The van der Waals surface area contributed by atoms with E-state index in [1.54, 1.807) is 47.6 Å². The van der Waals surface area contributed by atoms with Gasteiger partial charge in [-0.3, -0.25) is 19.6 Å². The third kappa shape index (κ3) is 53.1. The van der Waals surface area contributed by atoms with Gasteiger partial charge in [-0.05, 0) is 33.1 Å². The van der Waals surface area contributed by atoms with Gasteiger partial charge >= 0.3 is 5.97 Å². The third-order valence-electron chi connectivity index (χ3n) is 4.19. The van der Waals surface area contributed by atoms with Crippen molar-refractivity contribution in [1.29, 1.82) is 0 Å². The van der Waals surface area contributed by atoms with Crippen molar-refractivity contribution in [2.75, 3.05) is 73.0 Å². The number of hydrogen-bond donors (Lipinski definition) is 1. The first-order chi connectivity index (χ1) is 19.0. The summed E-state index contributed by atoms with van der Waals surface area (Å²) in [5.74, 6) is 0.552. The molecule has 0 aromatic rings. The molecule has 247 valence electrons. The van der Waals surface area contributed by atoms with Crippen LogP contribution >= 0.6 is 21.6 Å². The van der Waals surface area contributed by atoms with Crippen LogP contribution in [0, 0.1) is 0 Å². The van der Waals surface area contributed by atoms with Crippen LogP contribution in [0.2, 0.25) is 0 Å². The van der Waals surface area contributed by atoms with Gasteiger partial charge in [0.05, 0.1) is 13.2 Å². The molecule has 2 amide bonds. The largest absolute Gasteiger partial charge is 0.662 e. The number of ether oxygens (including phenoxy) is 2. The Balaban J connectivity index is -0.000000126. The van der Waals surface area contributed by atoms with Crippen LogP contribution < -0.4 is 0 Å². The van der Waals surface area contributed by atoms with Crippen LogP contribution in [0.1, 0.15) is 88.0 Å². The number of amides is 2. The summed E-state index contributed by atoms with van der Waals surface area (Å²) in [5.41, 5.74) is 0. The van der Waals surface area contributed by atoms with Gasteiger partial charge in [-0.25, -0.2) is 4.89 Å². The molecule has 0 aliphatic carbocycles. The van der Waals surface area contributed by atoms with Crippen LogP contribution in [0.3, 0.4) is 0 Å². The zero-order chi connectivity index (χ0) is 32.2. The van der Waals surface area contributed by atoms with Crippen molar-refractivity contribution in [2.45, 2.75) is 92.7 Å². The minimum absolute atomic E-state index is 0. The molecular weight excluding hydrogens is 643 g/mol. The maximum atomic E-state index is 12.0. The van der Waals surface area contributed by atoms with E-state index in [0.717, 1.165) is 38.9 Å². The molecule has 0 aliphatic rings. The molecule has 0 saturated heterocycles. The second kappa shape index (κ2) is 44.5. The number of rotatable bonds is 19. The summed E-state index contributed by atoms with van der Waals surface area (Å²) in [5, 5.41) is 12.0. The maximum Gasteiger partial charge on any atom is 0.302 e. The van der Waals surface area contributed by atoms with Crippen LogP contribution in [-0.2, 0) is 61.5 Å². The van der Waals surface area contributed by atoms with E-state index in [2.05, 4.69) is 42.6 Å². The summed E-state index contributed by atoms with van der Waals surface area (Å²) in [6, 6.07) is 0. The van der Waals surface area contributed by atoms with E-state index in [9.17, 15) is 14.4 Å². The Kier molecular flexibility index (Phi) is 58.2. The SMILES string of the molecule is CC.CC.CCCOCCC.CN(C=O)CCN(C)C(=O)CCC(C)(C)SSCCOO.C[N-]CCOC(C)=O.[Y]. The van der Waals surface area contributed by atoms with E-state index in [1.807, 2.05) is 27.7 Å². The van der Waals surface area contributed by atoms with Crippen molar-refractivity contribution in [3.63, 3.8) is 0 Å². The number of nitrogens with zero attached hydrogens (tertiary/aromatic N) is 3. The van der Waals surface area contributed by atoms with E-state index in [1.165, 1.54) is 11.8 Å². The van der Waals surface area contributed by atoms with Crippen molar-refractivity contribution < 1.29 is 66.7 Å². The first-order valence-electron chi connectivity index (χ1n) is 14.2. The monoisotopic (exact) mass is 705 g/mol. The normalized spacial score (nSPS) is 9.39. The minimum atomic E-state index is -0.242. The fourth-order valence-corrected chi connectivity index (χ4v) is 4.46. The average molecular weight is 706 g/mol. The molecule has 1 radical (unpaired) electrons. The van der Waals surface area contributed by atoms with Gasteiger partial charge in [-0.2, -0.15) is 7.05 Å². The second-order valence-corrected chi connectivity index (χ2v) is 11.5. The molecule has 10 nitrogen and oxygen atoms in total. The van der Waals surface area contributed by atoms with E-state index < -0.39 is 0 Å². The molecule has 0 heterocycles. The molecule has 13 heteroatoms. The first-order valence-corrected chi connectivity index (χ1v) is 16.6. The summed E-state index contributed by atoms with van der Waals surface area (Å²) < 4.78 is 9.66. The molecule has 0 bridgehead atoms. The molecule has 0 atom stereocenters. The molecular formula is C28H62N3O7S2Y-. The molecule has 0 aromatic carbocycles. The van der Waals surface area contributed by atoms with E-state index in [-0.39, 0.29) is 49.3 Å². The van der Waals surface area contributed by atoms with E-state index in [0.29, 0.717) is 45.0 Å². The van der Waals surface area contributed by atoms with E-state index >= 15 is 0 Å².